The summed E-state index contributed by atoms with van der Waals surface area (Å²) in [7, 11) is 0. The van der Waals surface area contributed by atoms with E-state index in [9.17, 15) is 4.79 Å². The van der Waals surface area contributed by atoms with Crippen molar-refractivity contribution in [3.05, 3.63) is 39.0 Å². The third-order valence-electron chi connectivity index (χ3n) is 2.96. The van der Waals surface area contributed by atoms with E-state index in [1.807, 2.05) is 12.1 Å². The van der Waals surface area contributed by atoms with E-state index in [0.29, 0.717) is 11.1 Å². The first kappa shape index (κ1) is 9.21. The number of hydrogen-bond donors (Lipinski definition) is 2. The monoisotopic (exact) mass is 212 g/mol. The van der Waals surface area contributed by atoms with E-state index >= 15 is 0 Å². The van der Waals surface area contributed by atoms with Crippen molar-refractivity contribution in [1.29, 1.82) is 0 Å². The van der Waals surface area contributed by atoms with Crippen molar-refractivity contribution in [3.8, 4) is 0 Å². The summed E-state index contributed by atoms with van der Waals surface area (Å²) in [5, 5.41) is 2.39. The van der Waals surface area contributed by atoms with Crippen LogP contribution in [0.4, 0.5) is 5.69 Å². The predicted molar refractivity (Wildman–Crippen MR) is 66.4 cm³/mol. The molecule has 1 aliphatic rings. The maximum atomic E-state index is 12.2. The fourth-order valence-electron chi connectivity index (χ4n) is 2.16. The van der Waals surface area contributed by atoms with Crippen molar-refractivity contribution in [2.24, 2.45) is 0 Å². The standard InChI is InChI=1S/C13H12N2O/c14-8-5-6-12-10(7-8)13(16)9-3-1-2-4-11(9)15-12/h3-7,15H,1-2,14H2. The van der Waals surface area contributed by atoms with Gasteiger partial charge in [0.05, 0.1) is 0 Å². The minimum absolute atomic E-state index is 0.0759. The second-order valence-corrected chi connectivity index (χ2v) is 4.07. The normalized spacial score (nSPS) is 14.0. The number of nitrogen functional groups attached to an aromatic ring is 1. The molecule has 0 fully saturated rings. The molecule has 1 heterocycles. The molecule has 0 saturated heterocycles. The number of hydrogen-bond acceptors (Lipinski definition) is 2. The quantitative estimate of drug-likeness (QED) is 0.623. The van der Waals surface area contributed by atoms with E-state index in [2.05, 4.69) is 11.1 Å². The zero-order chi connectivity index (χ0) is 11.1. The van der Waals surface area contributed by atoms with E-state index < -0.39 is 0 Å². The largest absolute Gasteiger partial charge is 0.399 e. The summed E-state index contributed by atoms with van der Waals surface area (Å²) in [5.74, 6) is 0. The number of anilines is 1. The van der Waals surface area contributed by atoms with Gasteiger partial charge in [0.25, 0.3) is 0 Å². The van der Waals surface area contributed by atoms with Crippen molar-refractivity contribution in [2.75, 3.05) is 5.73 Å². The topological polar surface area (TPSA) is 58.9 Å². The number of H-pyrrole nitrogens is 1. The number of rotatable bonds is 0. The molecule has 0 aliphatic heterocycles. The van der Waals surface area contributed by atoms with Crippen LogP contribution in [0.1, 0.15) is 12.8 Å². The highest BCUT2D eigenvalue weighted by Gasteiger charge is 2.04. The Bertz CT molecular complexity index is 741. The summed E-state index contributed by atoms with van der Waals surface area (Å²) < 4.78 is 0. The zero-order valence-corrected chi connectivity index (χ0v) is 8.79. The molecule has 3 heteroatoms. The highest BCUT2D eigenvalue weighted by atomic mass is 16.1. The van der Waals surface area contributed by atoms with E-state index in [1.54, 1.807) is 12.1 Å². The second-order valence-electron chi connectivity index (χ2n) is 4.07. The first-order valence-electron chi connectivity index (χ1n) is 5.37. The number of aromatic amines is 1. The van der Waals surface area contributed by atoms with Crippen LogP contribution in [0.3, 0.4) is 0 Å². The van der Waals surface area contributed by atoms with Gasteiger partial charge in [0.15, 0.2) is 5.43 Å². The van der Waals surface area contributed by atoms with Gasteiger partial charge in [-0.15, -0.1) is 0 Å². The van der Waals surface area contributed by atoms with E-state index in [1.165, 1.54) is 0 Å². The van der Waals surface area contributed by atoms with Crippen LogP contribution >= 0.6 is 0 Å². The Hall–Kier alpha value is -2.03. The van der Waals surface area contributed by atoms with E-state index in [-0.39, 0.29) is 5.43 Å². The molecule has 0 bridgehead atoms. The SMILES string of the molecule is Nc1ccc2[nH]c3c(c(=O)c2c1)=CCCC=3. The number of aromatic nitrogens is 1. The second kappa shape index (κ2) is 3.23. The zero-order valence-electron chi connectivity index (χ0n) is 8.79. The molecule has 16 heavy (non-hydrogen) atoms. The van der Waals surface area contributed by atoms with Gasteiger partial charge in [0.1, 0.15) is 0 Å². The molecule has 0 radical (unpaired) electrons. The van der Waals surface area contributed by atoms with Crippen LogP contribution in [0, 0.1) is 0 Å². The Morgan fingerprint density at radius 1 is 1.19 bits per heavy atom. The molecule has 0 saturated carbocycles. The number of pyridine rings is 1. The Kier molecular flexibility index (Phi) is 1.86. The average molecular weight is 212 g/mol. The third kappa shape index (κ3) is 1.25. The van der Waals surface area contributed by atoms with Gasteiger partial charge in [-0.1, -0.05) is 12.2 Å². The van der Waals surface area contributed by atoms with E-state index in [0.717, 1.165) is 28.9 Å². The van der Waals surface area contributed by atoms with Gasteiger partial charge in [0, 0.05) is 27.2 Å². The average Bonchev–Trinajstić information content (AvgIpc) is 2.31. The Morgan fingerprint density at radius 2 is 2.00 bits per heavy atom. The van der Waals surface area contributed by atoms with Crippen LogP contribution in [0.5, 0.6) is 0 Å². The molecular formula is C13H12N2O. The molecule has 1 aliphatic carbocycles. The lowest BCUT2D eigenvalue weighted by molar-refractivity contribution is 1.08. The van der Waals surface area contributed by atoms with Gasteiger partial charge >= 0.3 is 0 Å². The highest BCUT2D eigenvalue weighted by molar-refractivity contribution is 5.81. The molecule has 3 N–H and O–H groups in total. The molecule has 2 aromatic rings. The summed E-state index contributed by atoms with van der Waals surface area (Å²) in [4.78, 5) is 15.5. The molecule has 0 atom stereocenters. The number of benzene rings is 1. The first-order valence-corrected chi connectivity index (χ1v) is 5.37. The van der Waals surface area contributed by atoms with Gasteiger partial charge in [-0.25, -0.2) is 0 Å². The van der Waals surface area contributed by atoms with Gasteiger partial charge < -0.3 is 10.7 Å². The molecule has 0 spiro atoms. The molecule has 0 unspecified atom stereocenters. The maximum absolute atomic E-state index is 12.2. The lowest BCUT2D eigenvalue weighted by Gasteiger charge is -2.03. The summed E-state index contributed by atoms with van der Waals surface area (Å²) in [5.41, 5.74) is 7.25. The van der Waals surface area contributed by atoms with Crippen molar-refractivity contribution >= 4 is 28.7 Å². The van der Waals surface area contributed by atoms with E-state index in [4.69, 9.17) is 5.73 Å². The lowest BCUT2D eigenvalue weighted by atomic mass is 10.1. The number of nitrogens with one attached hydrogen (secondary N) is 1. The molecule has 3 rings (SSSR count). The highest BCUT2D eigenvalue weighted by Crippen LogP contribution is 2.09. The minimum atomic E-state index is 0.0759. The summed E-state index contributed by atoms with van der Waals surface area (Å²) >= 11 is 0. The summed E-state index contributed by atoms with van der Waals surface area (Å²) in [6, 6.07) is 5.39. The van der Waals surface area contributed by atoms with Gasteiger partial charge in [-0.3, -0.25) is 4.79 Å². The van der Waals surface area contributed by atoms with Crippen LogP contribution in [0.2, 0.25) is 0 Å². The van der Waals surface area contributed by atoms with Crippen LogP contribution < -0.4 is 21.7 Å². The van der Waals surface area contributed by atoms with Gasteiger partial charge in [-0.2, -0.15) is 0 Å². The molecule has 0 amide bonds. The summed E-state index contributed by atoms with van der Waals surface area (Å²) in [6.45, 7) is 0. The number of nitrogens with two attached hydrogens (primary N) is 1. The van der Waals surface area contributed by atoms with Crippen molar-refractivity contribution in [1.82, 2.24) is 4.98 Å². The first-order chi connectivity index (χ1) is 7.75. The van der Waals surface area contributed by atoms with Crippen LogP contribution in [-0.2, 0) is 0 Å². The lowest BCUT2D eigenvalue weighted by Crippen LogP contribution is -2.42. The predicted octanol–water partition coefficient (Wildman–Crippen LogP) is 0.465. The molecule has 80 valence electrons. The van der Waals surface area contributed by atoms with Crippen molar-refractivity contribution in [2.45, 2.75) is 12.8 Å². The fraction of sp³-hybridized carbons (Fsp3) is 0.154. The fourth-order valence-corrected chi connectivity index (χ4v) is 2.16. The Labute approximate surface area is 91.9 Å². The third-order valence-corrected chi connectivity index (χ3v) is 2.96. The van der Waals surface area contributed by atoms with Gasteiger partial charge in [0.2, 0.25) is 0 Å². The Morgan fingerprint density at radius 3 is 2.88 bits per heavy atom. The molecular weight excluding hydrogens is 200 g/mol. The maximum Gasteiger partial charge on any atom is 0.196 e. The minimum Gasteiger partial charge on any atom is -0.399 e. The molecule has 1 aromatic heterocycles. The van der Waals surface area contributed by atoms with Crippen LogP contribution in [0.25, 0.3) is 23.1 Å². The van der Waals surface area contributed by atoms with Crippen LogP contribution in [0.15, 0.2) is 23.0 Å². The Balaban J connectivity index is 2.61. The van der Waals surface area contributed by atoms with Crippen molar-refractivity contribution < 1.29 is 0 Å². The summed E-state index contributed by atoms with van der Waals surface area (Å²) in [6.07, 6.45) is 6.00. The smallest absolute Gasteiger partial charge is 0.196 e. The van der Waals surface area contributed by atoms with Gasteiger partial charge in [-0.05, 0) is 31.0 Å². The van der Waals surface area contributed by atoms with Crippen LogP contribution in [-0.4, -0.2) is 4.98 Å². The molecule has 1 aromatic carbocycles. The number of fused-ring (bicyclic) bond motifs is 2. The molecule has 3 nitrogen and oxygen atoms in total. The van der Waals surface area contributed by atoms with Crippen molar-refractivity contribution in [3.63, 3.8) is 0 Å².